The fraction of sp³-hybridized carbons (Fsp3) is 0.545. The third kappa shape index (κ3) is 9.52. The molecule has 1 aliphatic heterocycles. The van der Waals surface area contributed by atoms with Crippen molar-refractivity contribution in [3.63, 3.8) is 0 Å². The number of ether oxygens (including phenoxy) is 1. The number of benzene rings is 2. The van der Waals surface area contributed by atoms with E-state index in [1.54, 1.807) is 0 Å². The van der Waals surface area contributed by atoms with E-state index < -0.39 is 0 Å². The highest BCUT2D eigenvalue weighted by Crippen LogP contribution is 2.30. The zero-order valence-corrected chi connectivity index (χ0v) is 23.6. The normalized spacial score (nSPS) is 17.2. The third-order valence-corrected chi connectivity index (χ3v) is 7.89. The largest absolute Gasteiger partial charge is 0.466 e. The second kappa shape index (κ2) is 15.4. The average Bonchev–Trinajstić information content (AvgIpc) is 2.96. The van der Waals surface area contributed by atoms with Crippen molar-refractivity contribution in [2.75, 3.05) is 25.0 Å². The van der Waals surface area contributed by atoms with Crippen LogP contribution in [0.1, 0.15) is 105 Å². The molecule has 1 heterocycles. The molecule has 0 radical (unpaired) electrons. The maximum atomic E-state index is 12.9. The molecule has 2 aromatic rings. The van der Waals surface area contributed by atoms with Gasteiger partial charge in [-0.2, -0.15) is 5.10 Å². The van der Waals surface area contributed by atoms with Crippen molar-refractivity contribution in [3.8, 4) is 0 Å². The summed E-state index contributed by atoms with van der Waals surface area (Å²) in [5.41, 5.74) is 4.93. The number of hydrogen-bond acceptors (Lipinski definition) is 5. The summed E-state index contributed by atoms with van der Waals surface area (Å²) in [5, 5.41) is 9.73. The first-order valence-electron chi connectivity index (χ1n) is 15.1. The first-order valence-corrected chi connectivity index (χ1v) is 15.1. The molecule has 1 aliphatic carbocycles. The van der Waals surface area contributed by atoms with Crippen molar-refractivity contribution in [2.24, 2.45) is 11.0 Å². The summed E-state index contributed by atoms with van der Waals surface area (Å²) < 4.78 is 5.51. The Morgan fingerprint density at radius 3 is 2.54 bits per heavy atom. The van der Waals surface area contributed by atoms with Gasteiger partial charge in [0.05, 0.1) is 12.8 Å². The van der Waals surface area contributed by atoms with Gasteiger partial charge in [-0.3, -0.25) is 14.6 Å². The molecule has 1 saturated heterocycles. The molecule has 210 valence electrons. The second-order valence-electron chi connectivity index (χ2n) is 11.1. The summed E-state index contributed by atoms with van der Waals surface area (Å²) in [6.07, 6.45) is 16.0. The zero-order valence-electron chi connectivity index (χ0n) is 23.6. The molecule has 0 bridgehead atoms. The van der Waals surface area contributed by atoms with Gasteiger partial charge in [0.25, 0.3) is 5.91 Å². The summed E-state index contributed by atoms with van der Waals surface area (Å²) in [7, 11) is 0. The lowest BCUT2D eigenvalue weighted by molar-refractivity contribution is -0.145. The maximum Gasteiger partial charge on any atom is 0.306 e. The van der Waals surface area contributed by atoms with Crippen LogP contribution in [0.25, 0.3) is 0 Å². The number of nitrogens with one attached hydrogen (secondary N) is 1. The molecule has 1 N–H and O–H groups in total. The predicted octanol–water partition coefficient (Wildman–Crippen LogP) is 7.16. The molecule has 0 aromatic heterocycles. The number of amides is 1. The SMILES string of the molecule is CCCCCCCCOC(=O)CC1CCc2ccc(NC(=O)c3ccc(C=NN4CCCCC4)cc3)cc2C1. The Balaban J connectivity index is 1.23. The van der Waals surface area contributed by atoms with Gasteiger partial charge in [0.2, 0.25) is 0 Å². The molecule has 1 unspecified atom stereocenters. The Kier molecular flexibility index (Phi) is 11.4. The average molecular weight is 532 g/mol. The zero-order chi connectivity index (χ0) is 27.3. The predicted molar refractivity (Wildman–Crippen MR) is 158 cm³/mol. The van der Waals surface area contributed by atoms with E-state index in [9.17, 15) is 9.59 Å². The Labute approximate surface area is 234 Å². The Hall–Kier alpha value is -3.15. The number of nitrogens with zero attached hydrogens (tertiary/aromatic N) is 2. The summed E-state index contributed by atoms with van der Waals surface area (Å²) in [6, 6.07) is 13.7. The van der Waals surface area contributed by atoms with Crippen molar-refractivity contribution >= 4 is 23.8 Å². The summed E-state index contributed by atoms with van der Waals surface area (Å²) in [6.45, 7) is 4.79. The summed E-state index contributed by atoms with van der Waals surface area (Å²) >= 11 is 0. The van der Waals surface area contributed by atoms with Gasteiger partial charge in [-0.05, 0) is 91.8 Å². The summed E-state index contributed by atoms with van der Waals surface area (Å²) in [4.78, 5) is 25.3. The van der Waals surface area contributed by atoms with E-state index in [-0.39, 0.29) is 11.9 Å². The highest BCUT2D eigenvalue weighted by Gasteiger charge is 2.22. The number of unbranched alkanes of at least 4 members (excludes halogenated alkanes) is 5. The smallest absolute Gasteiger partial charge is 0.306 e. The van der Waals surface area contributed by atoms with E-state index in [2.05, 4.69) is 34.5 Å². The standard InChI is InChI=1S/C33H45N3O3/c1-2-3-4-5-6-10-21-39-32(37)23-27-13-14-28-17-18-31(24-30(28)22-27)35-33(38)29-15-11-26(12-16-29)25-34-36-19-8-7-9-20-36/h11-12,15-18,24-25,27H,2-10,13-14,19-23H2,1H3,(H,35,38). The van der Waals surface area contributed by atoms with Crippen molar-refractivity contribution in [3.05, 3.63) is 64.7 Å². The molecule has 4 rings (SSSR count). The van der Waals surface area contributed by atoms with E-state index in [1.807, 2.05) is 36.5 Å². The number of anilines is 1. The van der Waals surface area contributed by atoms with E-state index in [4.69, 9.17) is 4.74 Å². The number of piperidine rings is 1. The first-order chi connectivity index (χ1) is 19.1. The van der Waals surface area contributed by atoms with Gasteiger partial charge in [-0.1, -0.05) is 57.2 Å². The molecule has 6 nitrogen and oxygen atoms in total. The third-order valence-electron chi connectivity index (χ3n) is 7.89. The Morgan fingerprint density at radius 2 is 1.74 bits per heavy atom. The minimum atomic E-state index is -0.125. The van der Waals surface area contributed by atoms with Crippen LogP contribution in [0.5, 0.6) is 0 Å². The van der Waals surface area contributed by atoms with E-state index in [0.717, 1.165) is 56.4 Å². The van der Waals surface area contributed by atoms with Crippen LogP contribution in [-0.2, 0) is 22.4 Å². The number of esters is 1. The fourth-order valence-electron chi connectivity index (χ4n) is 5.51. The topological polar surface area (TPSA) is 71.0 Å². The van der Waals surface area contributed by atoms with Crippen molar-refractivity contribution in [1.82, 2.24) is 5.01 Å². The molecule has 0 saturated carbocycles. The molecular weight excluding hydrogens is 486 g/mol. The quantitative estimate of drug-likeness (QED) is 0.169. The van der Waals surface area contributed by atoms with Gasteiger partial charge in [0.1, 0.15) is 0 Å². The number of fused-ring (bicyclic) bond motifs is 1. The van der Waals surface area contributed by atoms with Crippen LogP contribution in [0.4, 0.5) is 5.69 Å². The van der Waals surface area contributed by atoms with Gasteiger partial charge in [0.15, 0.2) is 0 Å². The summed E-state index contributed by atoms with van der Waals surface area (Å²) in [5.74, 6) is 0.0886. The monoisotopic (exact) mass is 531 g/mol. The van der Waals surface area contributed by atoms with Crippen LogP contribution < -0.4 is 5.32 Å². The second-order valence-corrected chi connectivity index (χ2v) is 11.1. The van der Waals surface area contributed by atoms with Gasteiger partial charge in [0, 0.05) is 30.8 Å². The highest BCUT2D eigenvalue weighted by atomic mass is 16.5. The molecule has 0 spiro atoms. The van der Waals surface area contributed by atoms with Crippen LogP contribution in [0.3, 0.4) is 0 Å². The van der Waals surface area contributed by atoms with Crippen LogP contribution >= 0.6 is 0 Å². The maximum absolute atomic E-state index is 12.9. The van der Waals surface area contributed by atoms with Crippen molar-refractivity contribution in [2.45, 2.75) is 90.4 Å². The lowest BCUT2D eigenvalue weighted by Gasteiger charge is -2.24. The Bertz CT molecular complexity index is 1090. The molecule has 2 aromatic carbocycles. The molecule has 39 heavy (non-hydrogen) atoms. The molecular formula is C33H45N3O3. The number of hydrogen-bond donors (Lipinski definition) is 1. The number of aryl methyl sites for hydroxylation is 1. The van der Waals surface area contributed by atoms with Crippen molar-refractivity contribution < 1.29 is 14.3 Å². The van der Waals surface area contributed by atoms with Gasteiger partial charge >= 0.3 is 5.97 Å². The van der Waals surface area contributed by atoms with Gasteiger partial charge in [-0.25, -0.2) is 0 Å². The number of hydrazone groups is 1. The molecule has 2 aliphatic rings. The molecule has 1 atom stereocenters. The molecule has 1 fully saturated rings. The van der Waals surface area contributed by atoms with E-state index in [1.165, 1.54) is 56.1 Å². The van der Waals surface area contributed by atoms with Crippen LogP contribution in [-0.4, -0.2) is 42.8 Å². The molecule has 1 amide bonds. The lowest BCUT2D eigenvalue weighted by Crippen LogP contribution is -2.24. The van der Waals surface area contributed by atoms with Gasteiger partial charge in [-0.15, -0.1) is 0 Å². The number of carbonyl (C=O) groups is 2. The van der Waals surface area contributed by atoms with E-state index in [0.29, 0.717) is 24.5 Å². The van der Waals surface area contributed by atoms with Crippen LogP contribution in [0.15, 0.2) is 47.6 Å². The minimum absolute atomic E-state index is 0.0779. The Morgan fingerprint density at radius 1 is 0.974 bits per heavy atom. The van der Waals surface area contributed by atoms with E-state index >= 15 is 0 Å². The minimum Gasteiger partial charge on any atom is -0.466 e. The van der Waals surface area contributed by atoms with Crippen LogP contribution in [0, 0.1) is 5.92 Å². The molecule has 6 heteroatoms. The van der Waals surface area contributed by atoms with Crippen molar-refractivity contribution in [1.29, 1.82) is 0 Å². The van der Waals surface area contributed by atoms with Gasteiger partial charge < -0.3 is 10.1 Å². The number of carbonyl (C=O) groups excluding carboxylic acids is 2. The van der Waals surface area contributed by atoms with Crippen LogP contribution in [0.2, 0.25) is 0 Å². The number of rotatable bonds is 13. The highest BCUT2D eigenvalue weighted by molar-refractivity contribution is 6.04. The fourth-order valence-corrected chi connectivity index (χ4v) is 5.51. The first kappa shape index (κ1) is 28.8. The lowest BCUT2D eigenvalue weighted by atomic mass is 9.82.